The summed E-state index contributed by atoms with van der Waals surface area (Å²) in [5.74, 6) is 0. The Kier molecular flexibility index (Phi) is 3.25. The average Bonchev–Trinajstić information content (AvgIpc) is 2.20. The van der Waals surface area contributed by atoms with Crippen molar-refractivity contribution >= 4 is 11.6 Å². The van der Waals surface area contributed by atoms with E-state index in [1.165, 1.54) is 18.3 Å². The van der Waals surface area contributed by atoms with Crippen LogP contribution < -0.4 is 5.56 Å². The molecule has 0 saturated heterocycles. The van der Waals surface area contributed by atoms with Gasteiger partial charge in [0.25, 0.3) is 5.56 Å². The number of aliphatic hydroxyl groups is 2. The lowest BCUT2D eigenvalue weighted by Gasteiger charge is -2.11. The van der Waals surface area contributed by atoms with Crippen LogP contribution in [0.1, 0.15) is 11.7 Å². The van der Waals surface area contributed by atoms with Gasteiger partial charge in [0.05, 0.1) is 6.07 Å². The van der Waals surface area contributed by atoms with Gasteiger partial charge in [0, 0.05) is 11.8 Å². The predicted octanol–water partition coefficient (Wildman–Crippen LogP) is -0.0538. The van der Waals surface area contributed by atoms with Crippen LogP contribution in [0, 0.1) is 11.3 Å². The highest BCUT2D eigenvalue weighted by atomic mass is 35.5. The summed E-state index contributed by atoms with van der Waals surface area (Å²) in [6.45, 7) is 0. The molecular weight excluding hydrogens is 208 g/mol. The fourth-order valence-corrected chi connectivity index (χ4v) is 1.08. The molecule has 1 heterocycles. The number of H-pyrrole nitrogens is 1. The predicted molar refractivity (Wildman–Crippen MR) is 48.7 cm³/mol. The van der Waals surface area contributed by atoms with Crippen molar-refractivity contribution in [2.24, 2.45) is 0 Å². The van der Waals surface area contributed by atoms with E-state index in [1.807, 2.05) is 0 Å². The molecule has 2 unspecified atom stereocenters. The van der Waals surface area contributed by atoms with E-state index in [2.05, 4.69) is 4.98 Å². The summed E-state index contributed by atoms with van der Waals surface area (Å²) in [6.07, 6.45) is -1.73. The van der Waals surface area contributed by atoms with Crippen LogP contribution in [0.25, 0.3) is 0 Å². The summed E-state index contributed by atoms with van der Waals surface area (Å²) in [5.41, 5.74) is -0.308. The van der Waals surface area contributed by atoms with Crippen molar-refractivity contribution < 1.29 is 10.2 Å². The summed E-state index contributed by atoms with van der Waals surface area (Å²) < 4.78 is 0. The van der Waals surface area contributed by atoms with Gasteiger partial charge in [0.2, 0.25) is 0 Å². The van der Waals surface area contributed by atoms with Gasteiger partial charge < -0.3 is 15.2 Å². The van der Waals surface area contributed by atoms with E-state index in [9.17, 15) is 9.90 Å². The smallest absolute Gasteiger partial charge is 0.266 e. The van der Waals surface area contributed by atoms with Gasteiger partial charge in [-0.3, -0.25) is 4.79 Å². The number of hydrogen-bond donors (Lipinski definition) is 3. The molecule has 0 spiro atoms. The molecular formula is C8H7ClN2O3. The minimum Gasteiger partial charge on any atom is -0.384 e. The summed E-state index contributed by atoms with van der Waals surface area (Å²) >= 11 is 5.49. The maximum absolute atomic E-state index is 10.8. The molecule has 0 bridgehead atoms. The lowest BCUT2D eigenvalue weighted by molar-refractivity contribution is 0.0525. The number of pyridine rings is 1. The highest BCUT2D eigenvalue weighted by molar-refractivity contribution is 6.30. The molecule has 1 aromatic heterocycles. The van der Waals surface area contributed by atoms with Gasteiger partial charge in [0.15, 0.2) is 6.10 Å². The average molecular weight is 215 g/mol. The molecule has 3 N–H and O–H groups in total. The first-order valence-electron chi connectivity index (χ1n) is 3.70. The Balaban J connectivity index is 3.04. The molecule has 74 valence electrons. The van der Waals surface area contributed by atoms with Crippen LogP contribution in [0.5, 0.6) is 0 Å². The van der Waals surface area contributed by atoms with Gasteiger partial charge in [-0.25, -0.2) is 0 Å². The van der Waals surface area contributed by atoms with Crippen molar-refractivity contribution in [2.75, 3.05) is 0 Å². The molecule has 2 atom stereocenters. The topological polar surface area (TPSA) is 97.1 Å². The number of aliphatic hydroxyl groups excluding tert-OH is 2. The molecule has 14 heavy (non-hydrogen) atoms. The zero-order valence-electron chi connectivity index (χ0n) is 6.94. The van der Waals surface area contributed by atoms with Crippen LogP contribution in [0.15, 0.2) is 17.1 Å². The molecule has 0 saturated carbocycles. The van der Waals surface area contributed by atoms with Crippen molar-refractivity contribution in [3.63, 3.8) is 0 Å². The van der Waals surface area contributed by atoms with Gasteiger partial charge >= 0.3 is 0 Å². The number of nitriles is 1. The van der Waals surface area contributed by atoms with E-state index in [-0.39, 0.29) is 10.6 Å². The van der Waals surface area contributed by atoms with E-state index in [0.717, 1.165) is 0 Å². The Morgan fingerprint density at radius 1 is 1.57 bits per heavy atom. The number of halogens is 1. The zero-order valence-corrected chi connectivity index (χ0v) is 7.69. The summed E-state index contributed by atoms with van der Waals surface area (Å²) in [4.78, 5) is 13.1. The normalized spacial score (nSPS) is 14.4. The van der Waals surface area contributed by atoms with Crippen LogP contribution in [0.3, 0.4) is 0 Å². The van der Waals surface area contributed by atoms with Crippen molar-refractivity contribution in [2.45, 2.75) is 12.2 Å². The molecule has 0 aliphatic heterocycles. The lowest BCUT2D eigenvalue weighted by atomic mass is 10.1. The fourth-order valence-electron chi connectivity index (χ4n) is 0.895. The summed E-state index contributed by atoms with van der Waals surface area (Å²) in [6, 6.07) is 2.67. The first kappa shape index (κ1) is 10.7. The zero-order chi connectivity index (χ0) is 10.7. The third-order valence-corrected chi connectivity index (χ3v) is 1.93. The van der Waals surface area contributed by atoms with Crippen LogP contribution in [0.2, 0.25) is 5.02 Å². The third kappa shape index (κ3) is 2.12. The number of nitrogens with zero attached hydrogens (tertiary/aromatic N) is 1. The van der Waals surface area contributed by atoms with E-state index in [0.29, 0.717) is 0 Å². The molecule has 0 radical (unpaired) electrons. The van der Waals surface area contributed by atoms with Crippen molar-refractivity contribution in [1.29, 1.82) is 5.26 Å². The largest absolute Gasteiger partial charge is 0.384 e. The molecule has 6 heteroatoms. The summed E-state index contributed by atoms with van der Waals surface area (Å²) in [5, 5.41) is 26.6. The van der Waals surface area contributed by atoms with E-state index < -0.39 is 17.8 Å². The van der Waals surface area contributed by atoms with E-state index in [1.54, 1.807) is 0 Å². The van der Waals surface area contributed by atoms with Gasteiger partial charge in [0.1, 0.15) is 11.1 Å². The van der Waals surface area contributed by atoms with Crippen LogP contribution in [-0.2, 0) is 0 Å². The maximum Gasteiger partial charge on any atom is 0.266 e. The third-order valence-electron chi connectivity index (χ3n) is 1.65. The Morgan fingerprint density at radius 3 is 2.71 bits per heavy atom. The lowest BCUT2D eigenvalue weighted by Crippen LogP contribution is -2.17. The molecule has 1 aromatic rings. The summed E-state index contributed by atoms with van der Waals surface area (Å²) in [7, 11) is 0. The molecule has 0 aliphatic carbocycles. The van der Waals surface area contributed by atoms with E-state index in [4.69, 9.17) is 22.0 Å². The Labute approximate surface area is 84.2 Å². The Bertz CT molecular complexity index is 423. The molecule has 0 aliphatic rings. The van der Waals surface area contributed by atoms with Crippen LogP contribution in [-0.4, -0.2) is 21.3 Å². The molecule has 5 nitrogen and oxygen atoms in total. The number of aromatic amines is 1. The monoisotopic (exact) mass is 214 g/mol. The number of hydrogen-bond acceptors (Lipinski definition) is 4. The van der Waals surface area contributed by atoms with Gasteiger partial charge in [-0.05, 0) is 6.07 Å². The highest BCUT2D eigenvalue weighted by Gasteiger charge is 2.18. The Morgan fingerprint density at radius 2 is 2.21 bits per heavy atom. The van der Waals surface area contributed by atoms with E-state index >= 15 is 0 Å². The number of rotatable bonds is 2. The minimum atomic E-state index is -1.54. The standard InChI is InChI=1S/C8H7ClN2O3/c9-5-1-4(3-11-8(5)14)7(13)6(12)2-10/h1,3,6-7,12-13H,(H,11,14). The molecule has 1 rings (SSSR count). The minimum absolute atomic E-state index is 0.105. The molecule has 0 amide bonds. The maximum atomic E-state index is 10.8. The number of nitrogens with one attached hydrogen (secondary N) is 1. The van der Waals surface area contributed by atoms with Crippen molar-refractivity contribution in [3.05, 3.63) is 33.2 Å². The fraction of sp³-hybridized carbons (Fsp3) is 0.250. The second-order valence-electron chi connectivity index (χ2n) is 2.63. The van der Waals surface area contributed by atoms with Gasteiger partial charge in [-0.15, -0.1) is 0 Å². The van der Waals surface area contributed by atoms with Gasteiger partial charge in [-0.2, -0.15) is 5.26 Å². The highest BCUT2D eigenvalue weighted by Crippen LogP contribution is 2.16. The first-order valence-corrected chi connectivity index (χ1v) is 4.08. The molecule has 0 aromatic carbocycles. The van der Waals surface area contributed by atoms with Crippen molar-refractivity contribution in [3.8, 4) is 6.07 Å². The van der Waals surface area contributed by atoms with Crippen molar-refractivity contribution in [1.82, 2.24) is 4.98 Å². The quantitative estimate of drug-likeness (QED) is 0.601. The second kappa shape index (κ2) is 4.24. The second-order valence-corrected chi connectivity index (χ2v) is 3.04. The van der Waals surface area contributed by atoms with Crippen LogP contribution >= 0.6 is 11.6 Å². The Hall–Kier alpha value is -1.35. The number of aromatic nitrogens is 1. The van der Waals surface area contributed by atoms with Crippen LogP contribution in [0.4, 0.5) is 0 Å². The SMILES string of the molecule is N#CC(O)C(O)c1c[nH]c(=O)c(Cl)c1. The van der Waals surface area contributed by atoms with Gasteiger partial charge in [-0.1, -0.05) is 11.6 Å². The first-order chi connectivity index (χ1) is 6.56. The molecule has 0 fully saturated rings.